The molecule has 1 amide bonds. The van der Waals surface area contributed by atoms with Gasteiger partial charge in [0.2, 0.25) is 5.91 Å². The van der Waals surface area contributed by atoms with Crippen molar-refractivity contribution in [3.05, 3.63) is 112 Å². The summed E-state index contributed by atoms with van der Waals surface area (Å²) in [5.41, 5.74) is 6.22. The fraction of sp³-hybridized carbons (Fsp3) is 0.290. The van der Waals surface area contributed by atoms with E-state index in [1.54, 1.807) is 19.5 Å². The maximum atomic E-state index is 13.8. The van der Waals surface area contributed by atoms with Crippen LogP contribution in [0.25, 0.3) is 0 Å². The highest BCUT2D eigenvalue weighted by atomic mass is 35.5. The summed E-state index contributed by atoms with van der Waals surface area (Å²) < 4.78 is 11.9. The number of allylic oxidation sites excluding steroid dienone is 4. The molecule has 0 saturated carbocycles. The molecule has 1 aromatic heterocycles. The van der Waals surface area contributed by atoms with E-state index in [4.69, 9.17) is 21.1 Å². The van der Waals surface area contributed by atoms with E-state index >= 15 is 0 Å². The van der Waals surface area contributed by atoms with Gasteiger partial charge in [-0.15, -0.1) is 0 Å². The van der Waals surface area contributed by atoms with Crippen LogP contribution in [0, 0.1) is 5.92 Å². The average Bonchev–Trinajstić information content (AvgIpc) is 2.92. The summed E-state index contributed by atoms with van der Waals surface area (Å²) in [6, 6.07) is 15.3. The number of hydrogen-bond donors (Lipinski definition) is 0. The van der Waals surface area contributed by atoms with Crippen molar-refractivity contribution in [2.24, 2.45) is 5.92 Å². The minimum absolute atomic E-state index is 0.0600. The highest BCUT2D eigenvalue weighted by molar-refractivity contribution is 6.30. The monoisotopic (exact) mass is 529 g/mol. The molecule has 0 N–H and O–H groups in total. The molecule has 7 heteroatoms. The lowest BCUT2D eigenvalue weighted by molar-refractivity contribution is -0.131. The first kappa shape index (κ1) is 25.9. The minimum Gasteiger partial charge on any atom is -0.493 e. The van der Waals surface area contributed by atoms with Crippen molar-refractivity contribution in [1.82, 2.24) is 14.8 Å². The van der Waals surface area contributed by atoms with Gasteiger partial charge < -0.3 is 19.3 Å². The van der Waals surface area contributed by atoms with Crippen molar-refractivity contribution in [2.45, 2.75) is 32.4 Å². The Hall–Kier alpha value is -3.77. The van der Waals surface area contributed by atoms with Crippen LogP contribution in [0.5, 0.6) is 11.5 Å². The van der Waals surface area contributed by atoms with Crippen LogP contribution in [0.4, 0.5) is 0 Å². The Balaban J connectivity index is 1.61. The second-order valence-corrected chi connectivity index (χ2v) is 10.4. The predicted octanol–water partition coefficient (Wildman–Crippen LogP) is 6.17. The van der Waals surface area contributed by atoms with Crippen LogP contribution in [-0.4, -0.2) is 41.9 Å². The maximum absolute atomic E-state index is 13.8. The van der Waals surface area contributed by atoms with E-state index in [0.29, 0.717) is 23.1 Å². The fourth-order valence-electron chi connectivity index (χ4n) is 5.22. The van der Waals surface area contributed by atoms with Crippen LogP contribution in [-0.2, 0) is 17.8 Å². The number of benzene rings is 2. The normalized spacial score (nSPS) is 18.9. The summed E-state index contributed by atoms with van der Waals surface area (Å²) in [7, 11) is 5.73. The van der Waals surface area contributed by atoms with Gasteiger partial charge in [0.25, 0.3) is 0 Å². The van der Waals surface area contributed by atoms with E-state index < -0.39 is 0 Å². The minimum atomic E-state index is -0.319. The van der Waals surface area contributed by atoms with E-state index in [9.17, 15) is 4.79 Å². The number of aromatic nitrogens is 1. The lowest BCUT2D eigenvalue weighted by atomic mass is 9.84. The SMILES string of the molecule is COc1cc2c(cc1OCc1ccncc1)C(c1ccc(Cl)cc1)N(C1=CC=C(N(C)C)CC1C)C(=O)C2. The number of carbonyl (C=O) groups excluding carboxylic acids is 1. The second-order valence-electron chi connectivity index (χ2n) is 9.99. The van der Waals surface area contributed by atoms with Crippen molar-refractivity contribution in [2.75, 3.05) is 21.2 Å². The first-order chi connectivity index (χ1) is 18.4. The molecule has 0 saturated heterocycles. The average molecular weight is 530 g/mol. The highest BCUT2D eigenvalue weighted by Crippen LogP contribution is 2.45. The summed E-state index contributed by atoms with van der Waals surface area (Å²) in [6.07, 6.45) is 8.87. The zero-order valence-electron chi connectivity index (χ0n) is 22.1. The van der Waals surface area contributed by atoms with Crippen LogP contribution in [0.3, 0.4) is 0 Å². The smallest absolute Gasteiger partial charge is 0.232 e. The predicted molar refractivity (Wildman–Crippen MR) is 149 cm³/mol. The molecule has 1 aliphatic carbocycles. The molecule has 0 bridgehead atoms. The van der Waals surface area contributed by atoms with Crippen molar-refractivity contribution in [3.8, 4) is 11.5 Å². The zero-order chi connectivity index (χ0) is 26.8. The lowest BCUT2D eigenvalue weighted by Gasteiger charge is -2.42. The number of halogens is 1. The van der Waals surface area contributed by atoms with Gasteiger partial charge in [-0.25, -0.2) is 0 Å². The molecule has 0 spiro atoms. The number of carbonyl (C=O) groups is 1. The summed E-state index contributed by atoms with van der Waals surface area (Å²) in [4.78, 5) is 22.0. The third-order valence-electron chi connectivity index (χ3n) is 7.24. The maximum Gasteiger partial charge on any atom is 0.232 e. The molecule has 3 aromatic rings. The second kappa shape index (κ2) is 10.9. The third kappa shape index (κ3) is 5.14. The van der Waals surface area contributed by atoms with Gasteiger partial charge in [0.1, 0.15) is 6.61 Å². The Morgan fingerprint density at radius 3 is 2.45 bits per heavy atom. The third-order valence-corrected chi connectivity index (χ3v) is 7.49. The number of fused-ring (bicyclic) bond motifs is 1. The van der Waals surface area contributed by atoms with Gasteiger partial charge in [-0.2, -0.15) is 0 Å². The van der Waals surface area contributed by atoms with Crippen molar-refractivity contribution in [1.29, 1.82) is 0 Å². The first-order valence-corrected chi connectivity index (χ1v) is 13.1. The summed E-state index contributed by atoms with van der Waals surface area (Å²) in [5.74, 6) is 1.48. The van der Waals surface area contributed by atoms with Crippen LogP contribution in [0.15, 0.2) is 84.5 Å². The highest BCUT2D eigenvalue weighted by Gasteiger charge is 2.38. The van der Waals surface area contributed by atoms with Gasteiger partial charge in [0.05, 0.1) is 19.6 Å². The van der Waals surface area contributed by atoms with Gasteiger partial charge in [0, 0.05) is 48.8 Å². The number of rotatable bonds is 7. The van der Waals surface area contributed by atoms with Gasteiger partial charge in [-0.05, 0) is 77.2 Å². The van der Waals surface area contributed by atoms with Crippen molar-refractivity contribution >= 4 is 17.5 Å². The lowest BCUT2D eigenvalue weighted by Crippen LogP contribution is -2.42. The zero-order valence-corrected chi connectivity index (χ0v) is 22.9. The molecule has 1 aliphatic heterocycles. The van der Waals surface area contributed by atoms with Crippen LogP contribution < -0.4 is 9.47 Å². The molecule has 2 unspecified atom stereocenters. The summed E-state index contributed by atoms with van der Waals surface area (Å²) in [6.45, 7) is 2.56. The fourth-order valence-corrected chi connectivity index (χ4v) is 5.34. The number of amides is 1. The summed E-state index contributed by atoms with van der Waals surface area (Å²) >= 11 is 6.25. The van der Waals surface area contributed by atoms with Crippen LogP contribution >= 0.6 is 11.6 Å². The van der Waals surface area contributed by atoms with Crippen LogP contribution in [0.2, 0.25) is 5.02 Å². The van der Waals surface area contributed by atoms with E-state index in [-0.39, 0.29) is 24.3 Å². The first-order valence-electron chi connectivity index (χ1n) is 12.7. The summed E-state index contributed by atoms with van der Waals surface area (Å²) in [5, 5.41) is 0.655. The van der Waals surface area contributed by atoms with E-state index in [0.717, 1.165) is 34.4 Å². The number of hydrogen-bond acceptors (Lipinski definition) is 5. The number of nitrogens with zero attached hydrogens (tertiary/aromatic N) is 3. The Labute approximate surface area is 229 Å². The van der Waals surface area contributed by atoms with Crippen molar-refractivity contribution in [3.63, 3.8) is 0 Å². The topological polar surface area (TPSA) is 54.9 Å². The molecule has 2 atom stereocenters. The molecule has 0 radical (unpaired) electrons. The standard InChI is InChI=1S/C31H32ClN3O3/c1-20-15-25(34(2)3)9-10-27(20)35-30(36)17-23-16-28(37-4)29(38-19-21-11-13-33-14-12-21)18-26(23)31(35)22-5-7-24(32)8-6-22/h5-14,16,18,20,31H,15,17,19H2,1-4H3. The largest absolute Gasteiger partial charge is 0.493 e. The Morgan fingerprint density at radius 1 is 1.05 bits per heavy atom. The Bertz CT molecular complexity index is 1380. The molecule has 5 rings (SSSR count). The molecule has 2 aliphatic rings. The van der Waals surface area contributed by atoms with E-state index in [1.165, 1.54) is 5.70 Å². The molecule has 2 aromatic carbocycles. The molecule has 2 heterocycles. The van der Waals surface area contributed by atoms with Gasteiger partial charge in [-0.3, -0.25) is 9.78 Å². The number of pyridine rings is 1. The molecule has 196 valence electrons. The van der Waals surface area contributed by atoms with Gasteiger partial charge in [0.15, 0.2) is 11.5 Å². The molecule has 0 fully saturated rings. The van der Waals surface area contributed by atoms with Gasteiger partial charge >= 0.3 is 0 Å². The van der Waals surface area contributed by atoms with Gasteiger partial charge in [-0.1, -0.05) is 30.7 Å². The van der Waals surface area contributed by atoms with E-state index in [1.807, 2.05) is 53.4 Å². The van der Waals surface area contributed by atoms with E-state index in [2.05, 4.69) is 43.1 Å². The molecule has 6 nitrogen and oxygen atoms in total. The Kier molecular flexibility index (Phi) is 7.43. The quantitative estimate of drug-likeness (QED) is 0.366. The molecular formula is C31H32ClN3O3. The molecule has 38 heavy (non-hydrogen) atoms. The number of ether oxygens (including phenoxy) is 2. The van der Waals surface area contributed by atoms with Crippen molar-refractivity contribution < 1.29 is 14.3 Å². The number of methoxy groups -OCH3 is 1. The molecular weight excluding hydrogens is 498 g/mol. The van der Waals surface area contributed by atoms with Crippen LogP contribution in [0.1, 0.15) is 41.6 Å². The Morgan fingerprint density at radius 2 is 1.79 bits per heavy atom.